The first-order valence-corrected chi connectivity index (χ1v) is 13.3. The number of likely N-dealkylation sites (N-methyl/N-ethyl adjacent to an activating group) is 1. The fraction of sp³-hybridized carbons (Fsp3) is 0.300. The van der Waals surface area contributed by atoms with Crippen molar-refractivity contribution in [3.63, 3.8) is 0 Å². The van der Waals surface area contributed by atoms with Crippen LogP contribution >= 0.6 is 0 Å². The number of nitrogens with zero attached hydrogens (tertiary/aromatic N) is 4. The van der Waals surface area contributed by atoms with Gasteiger partial charge in [0.05, 0.1) is 30.3 Å². The van der Waals surface area contributed by atoms with E-state index in [1.165, 1.54) is 4.57 Å². The first kappa shape index (κ1) is 29.2. The summed E-state index contributed by atoms with van der Waals surface area (Å²) in [5.41, 5.74) is 1.27. The molecule has 0 bridgehead atoms. The van der Waals surface area contributed by atoms with E-state index < -0.39 is 12.1 Å². The molecule has 0 unspecified atom stereocenters. The van der Waals surface area contributed by atoms with Gasteiger partial charge in [0, 0.05) is 12.7 Å². The number of nitrogens with one attached hydrogen (secondary N) is 2. The largest absolute Gasteiger partial charge is 0.494 e. The molecule has 0 aliphatic heterocycles. The zero-order valence-electron chi connectivity index (χ0n) is 23.4. The monoisotopic (exact) mass is 558 g/mol. The van der Waals surface area contributed by atoms with Crippen molar-refractivity contribution in [2.24, 2.45) is 0 Å². The molecular formula is C30H34N6O5. The third-order valence-corrected chi connectivity index (χ3v) is 6.11. The third-order valence-electron chi connectivity index (χ3n) is 6.11. The first-order valence-electron chi connectivity index (χ1n) is 13.3. The van der Waals surface area contributed by atoms with Gasteiger partial charge in [-0.3, -0.25) is 14.2 Å². The van der Waals surface area contributed by atoms with Crippen molar-refractivity contribution < 1.29 is 19.1 Å². The van der Waals surface area contributed by atoms with E-state index in [-0.39, 0.29) is 49.1 Å². The van der Waals surface area contributed by atoms with E-state index in [9.17, 15) is 14.4 Å². The smallest absolute Gasteiger partial charge is 0.408 e. The second-order valence-electron chi connectivity index (χ2n) is 9.55. The lowest BCUT2D eigenvalue weighted by Gasteiger charge is -2.23. The topological polar surface area (TPSA) is 128 Å². The highest BCUT2D eigenvalue weighted by Gasteiger charge is 2.24. The van der Waals surface area contributed by atoms with Crippen LogP contribution in [0.5, 0.6) is 5.75 Å². The van der Waals surface area contributed by atoms with Crippen molar-refractivity contribution in [1.29, 1.82) is 0 Å². The summed E-state index contributed by atoms with van der Waals surface area (Å²) in [4.78, 5) is 49.8. The maximum absolute atomic E-state index is 13.8. The van der Waals surface area contributed by atoms with Gasteiger partial charge in [-0.1, -0.05) is 30.3 Å². The Bertz CT molecular complexity index is 1520. The number of carbonyl (C=O) groups excluding carboxylic acids is 2. The van der Waals surface area contributed by atoms with Gasteiger partial charge in [-0.25, -0.2) is 14.8 Å². The average Bonchev–Trinajstić information content (AvgIpc) is 2.96. The van der Waals surface area contributed by atoms with Gasteiger partial charge in [0.2, 0.25) is 5.91 Å². The molecule has 41 heavy (non-hydrogen) atoms. The predicted molar refractivity (Wildman–Crippen MR) is 155 cm³/mol. The number of pyridine rings is 1. The highest BCUT2D eigenvalue weighted by atomic mass is 16.5. The quantitative estimate of drug-likeness (QED) is 0.271. The number of rotatable bonds is 12. The molecule has 4 rings (SSSR count). The fourth-order valence-electron chi connectivity index (χ4n) is 4.25. The summed E-state index contributed by atoms with van der Waals surface area (Å²) in [5, 5.41) is 6.04. The number of hydrogen-bond donors (Lipinski definition) is 2. The van der Waals surface area contributed by atoms with Crippen LogP contribution in [-0.4, -0.2) is 65.2 Å². The number of carbonyl (C=O) groups is 2. The van der Waals surface area contributed by atoms with Crippen LogP contribution in [0.25, 0.3) is 16.7 Å². The Morgan fingerprint density at radius 2 is 1.78 bits per heavy atom. The number of amides is 2. The summed E-state index contributed by atoms with van der Waals surface area (Å²) in [6.07, 6.45) is 1.10. The van der Waals surface area contributed by atoms with Crippen LogP contribution < -0.4 is 20.9 Å². The minimum Gasteiger partial charge on any atom is -0.494 e. The molecule has 1 atom stereocenters. The number of ether oxygens (including phenoxy) is 2. The normalized spacial score (nSPS) is 11.7. The highest BCUT2D eigenvalue weighted by molar-refractivity contribution is 5.78. The van der Waals surface area contributed by atoms with Gasteiger partial charge in [-0.05, 0) is 69.4 Å². The van der Waals surface area contributed by atoms with Gasteiger partial charge >= 0.3 is 6.09 Å². The predicted octanol–water partition coefficient (Wildman–Crippen LogP) is 3.21. The Morgan fingerprint density at radius 1 is 1.02 bits per heavy atom. The Balaban J connectivity index is 1.70. The maximum Gasteiger partial charge on any atom is 0.408 e. The Labute approximate surface area is 238 Å². The number of aromatic nitrogens is 3. The summed E-state index contributed by atoms with van der Waals surface area (Å²) < 4.78 is 12.5. The lowest BCUT2D eigenvalue weighted by atomic mass is 10.1. The molecular weight excluding hydrogens is 524 g/mol. The number of fused-ring (bicyclic) bond motifs is 1. The van der Waals surface area contributed by atoms with Crippen molar-refractivity contribution >= 4 is 23.0 Å². The molecule has 2 heterocycles. The van der Waals surface area contributed by atoms with Gasteiger partial charge in [-0.15, -0.1) is 0 Å². The summed E-state index contributed by atoms with van der Waals surface area (Å²) in [7, 11) is 3.60. The number of alkyl carbamates (subject to hydrolysis) is 1. The minimum atomic E-state index is -0.802. The van der Waals surface area contributed by atoms with Crippen LogP contribution in [-0.2, 0) is 16.1 Å². The van der Waals surface area contributed by atoms with Crippen LogP contribution in [0.3, 0.4) is 0 Å². The molecule has 2 amide bonds. The van der Waals surface area contributed by atoms with Crippen LogP contribution in [0.1, 0.15) is 30.8 Å². The molecule has 11 heteroatoms. The number of hydrogen-bond acceptors (Lipinski definition) is 8. The van der Waals surface area contributed by atoms with Crippen molar-refractivity contribution in [3.05, 3.63) is 94.7 Å². The van der Waals surface area contributed by atoms with E-state index in [2.05, 4.69) is 15.6 Å². The van der Waals surface area contributed by atoms with Gasteiger partial charge in [0.15, 0.2) is 5.65 Å². The van der Waals surface area contributed by atoms with Crippen molar-refractivity contribution in [1.82, 2.24) is 30.1 Å². The maximum atomic E-state index is 13.8. The summed E-state index contributed by atoms with van der Waals surface area (Å²) >= 11 is 0. The molecule has 0 aliphatic carbocycles. The zero-order chi connectivity index (χ0) is 29.2. The Hall–Kier alpha value is -4.77. The molecule has 2 N–H and O–H groups in total. The summed E-state index contributed by atoms with van der Waals surface area (Å²) in [6, 6.07) is 18.9. The molecule has 214 valence electrons. The van der Waals surface area contributed by atoms with Crippen molar-refractivity contribution in [2.75, 3.05) is 33.8 Å². The SMILES string of the molecule is CCOc1ccc(-n2c([C@@H](CCNC(=O)CN(C)C)NC(=O)OCc3ccccc3)nc3ncccc3c2=O)cc1. The van der Waals surface area contributed by atoms with E-state index in [4.69, 9.17) is 14.5 Å². The molecule has 4 aromatic rings. The molecule has 0 aliphatic rings. The third kappa shape index (κ3) is 7.89. The molecule has 2 aromatic heterocycles. The first-order chi connectivity index (χ1) is 19.9. The van der Waals surface area contributed by atoms with Crippen LogP contribution in [0, 0.1) is 0 Å². The lowest BCUT2D eigenvalue weighted by Crippen LogP contribution is -2.38. The Kier molecular flexibility index (Phi) is 10.0. The summed E-state index contributed by atoms with van der Waals surface area (Å²) in [6.45, 7) is 2.89. The molecule has 0 saturated heterocycles. The van der Waals surface area contributed by atoms with E-state index >= 15 is 0 Å². The molecule has 11 nitrogen and oxygen atoms in total. The van der Waals surface area contributed by atoms with Crippen molar-refractivity contribution in [3.8, 4) is 11.4 Å². The Morgan fingerprint density at radius 3 is 2.49 bits per heavy atom. The molecule has 2 aromatic carbocycles. The van der Waals surface area contributed by atoms with Gasteiger partial charge in [0.25, 0.3) is 5.56 Å². The lowest BCUT2D eigenvalue weighted by molar-refractivity contribution is -0.121. The molecule has 0 fully saturated rings. The van der Waals surface area contributed by atoms with Crippen LogP contribution in [0.4, 0.5) is 4.79 Å². The second kappa shape index (κ2) is 14.0. The van der Waals surface area contributed by atoms with E-state index in [0.29, 0.717) is 23.4 Å². The van der Waals surface area contributed by atoms with E-state index in [1.807, 2.05) is 37.3 Å². The molecule has 0 radical (unpaired) electrons. The van der Waals surface area contributed by atoms with Gasteiger partial charge < -0.3 is 25.0 Å². The standard InChI is InChI=1S/C30H34N6O5/c1-4-40-23-14-12-22(13-15-23)36-28(34-27-24(29(36)38)11-8-17-32-27)25(16-18-31-26(37)19-35(2)3)33-30(39)41-20-21-9-6-5-7-10-21/h5-15,17,25H,4,16,18-20H2,1-3H3,(H,31,37)(H,33,39)/t25-/m1/s1. The van der Waals surface area contributed by atoms with Crippen LogP contribution in [0.15, 0.2) is 77.7 Å². The van der Waals surface area contributed by atoms with Crippen LogP contribution in [0.2, 0.25) is 0 Å². The number of benzene rings is 2. The molecule has 0 spiro atoms. The van der Waals surface area contributed by atoms with Gasteiger partial charge in [0.1, 0.15) is 18.2 Å². The molecule has 0 saturated carbocycles. The second-order valence-corrected chi connectivity index (χ2v) is 9.55. The fourth-order valence-corrected chi connectivity index (χ4v) is 4.25. The van der Waals surface area contributed by atoms with E-state index in [0.717, 1.165) is 5.56 Å². The van der Waals surface area contributed by atoms with Gasteiger partial charge in [-0.2, -0.15) is 0 Å². The summed E-state index contributed by atoms with van der Waals surface area (Å²) in [5.74, 6) is 0.741. The minimum absolute atomic E-state index is 0.0668. The average molecular weight is 559 g/mol. The van der Waals surface area contributed by atoms with E-state index in [1.54, 1.807) is 61.6 Å². The highest BCUT2D eigenvalue weighted by Crippen LogP contribution is 2.22. The zero-order valence-corrected chi connectivity index (χ0v) is 23.4. The van der Waals surface area contributed by atoms with Crippen molar-refractivity contribution in [2.45, 2.75) is 26.0 Å².